The number of hydrogen-bond donors (Lipinski definition) is 1. The van der Waals surface area contributed by atoms with E-state index < -0.39 is 12.0 Å². The molecule has 1 amide bonds. The van der Waals surface area contributed by atoms with Crippen LogP contribution < -0.4 is 5.32 Å². The SMILES string of the molecule is C=C(Br)C[C@H](NC(=O)COCC)C(=O)OC. The van der Waals surface area contributed by atoms with E-state index in [4.69, 9.17) is 4.74 Å². The molecule has 5 nitrogen and oxygen atoms in total. The highest BCUT2D eigenvalue weighted by molar-refractivity contribution is 9.11. The van der Waals surface area contributed by atoms with Gasteiger partial charge in [0, 0.05) is 13.0 Å². The highest BCUT2D eigenvalue weighted by atomic mass is 79.9. The lowest BCUT2D eigenvalue weighted by molar-refractivity contribution is -0.145. The normalized spacial score (nSPS) is 11.7. The molecule has 0 unspecified atom stereocenters. The van der Waals surface area contributed by atoms with Gasteiger partial charge < -0.3 is 14.8 Å². The van der Waals surface area contributed by atoms with Gasteiger partial charge in [-0.1, -0.05) is 22.5 Å². The van der Waals surface area contributed by atoms with Crippen molar-refractivity contribution in [1.82, 2.24) is 5.32 Å². The molecule has 0 aliphatic carbocycles. The van der Waals surface area contributed by atoms with E-state index in [9.17, 15) is 9.59 Å². The summed E-state index contributed by atoms with van der Waals surface area (Å²) in [5.41, 5.74) is 0. The fraction of sp³-hybridized carbons (Fsp3) is 0.600. The van der Waals surface area contributed by atoms with Crippen LogP contribution >= 0.6 is 15.9 Å². The molecule has 92 valence electrons. The van der Waals surface area contributed by atoms with Gasteiger partial charge in [-0.25, -0.2) is 4.79 Å². The van der Waals surface area contributed by atoms with E-state index in [-0.39, 0.29) is 18.9 Å². The summed E-state index contributed by atoms with van der Waals surface area (Å²) >= 11 is 3.13. The van der Waals surface area contributed by atoms with Crippen molar-refractivity contribution < 1.29 is 19.1 Å². The molecule has 6 heteroatoms. The molecule has 0 radical (unpaired) electrons. The third-order valence-electron chi connectivity index (χ3n) is 1.68. The van der Waals surface area contributed by atoms with Crippen molar-refractivity contribution in [3.05, 3.63) is 11.1 Å². The van der Waals surface area contributed by atoms with Crippen molar-refractivity contribution >= 4 is 27.8 Å². The van der Waals surface area contributed by atoms with Gasteiger partial charge in [-0.05, 0) is 11.4 Å². The Kier molecular flexibility index (Phi) is 7.84. The first-order valence-electron chi connectivity index (χ1n) is 4.79. The zero-order valence-corrected chi connectivity index (χ0v) is 11.0. The topological polar surface area (TPSA) is 64.6 Å². The Balaban J connectivity index is 4.25. The molecule has 0 saturated carbocycles. The maximum atomic E-state index is 11.3. The van der Waals surface area contributed by atoms with E-state index in [1.807, 2.05) is 0 Å². The second kappa shape index (κ2) is 8.29. The van der Waals surface area contributed by atoms with Crippen LogP contribution in [0.3, 0.4) is 0 Å². The Morgan fingerprint density at radius 3 is 2.56 bits per heavy atom. The summed E-state index contributed by atoms with van der Waals surface area (Å²) in [6.45, 7) is 5.77. The van der Waals surface area contributed by atoms with E-state index in [1.165, 1.54) is 7.11 Å². The average Bonchev–Trinajstić information content (AvgIpc) is 2.23. The predicted octanol–water partition coefficient (Wildman–Crippen LogP) is 0.979. The summed E-state index contributed by atoms with van der Waals surface area (Å²) in [4.78, 5) is 22.6. The van der Waals surface area contributed by atoms with Gasteiger partial charge in [0.2, 0.25) is 5.91 Å². The van der Waals surface area contributed by atoms with Crippen molar-refractivity contribution in [2.75, 3.05) is 20.3 Å². The fourth-order valence-corrected chi connectivity index (χ4v) is 1.31. The van der Waals surface area contributed by atoms with Gasteiger partial charge in [0.05, 0.1) is 7.11 Å². The number of carbonyl (C=O) groups is 2. The van der Waals surface area contributed by atoms with Gasteiger partial charge in [0.25, 0.3) is 0 Å². The summed E-state index contributed by atoms with van der Waals surface area (Å²) in [7, 11) is 1.26. The van der Waals surface area contributed by atoms with Crippen LogP contribution in [0.15, 0.2) is 11.1 Å². The second-order valence-electron chi connectivity index (χ2n) is 3.00. The van der Waals surface area contributed by atoms with Crippen molar-refractivity contribution in [3.63, 3.8) is 0 Å². The van der Waals surface area contributed by atoms with Crippen LogP contribution in [0.4, 0.5) is 0 Å². The Bertz CT molecular complexity index is 268. The maximum absolute atomic E-state index is 11.3. The smallest absolute Gasteiger partial charge is 0.328 e. The molecule has 0 rings (SSSR count). The standard InChI is InChI=1S/C10H16BrNO4/c1-4-16-6-9(13)12-8(5-7(2)11)10(14)15-3/h8H,2,4-6H2,1,3H3,(H,12,13)/t8-/m0/s1. The first-order valence-corrected chi connectivity index (χ1v) is 5.58. The van der Waals surface area contributed by atoms with Crippen molar-refractivity contribution in [2.24, 2.45) is 0 Å². The minimum atomic E-state index is -0.732. The van der Waals surface area contributed by atoms with Crippen LogP contribution in [0.1, 0.15) is 13.3 Å². The molecule has 0 aromatic heterocycles. The molecule has 0 heterocycles. The number of halogens is 1. The zero-order chi connectivity index (χ0) is 12.6. The number of esters is 1. The minimum absolute atomic E-state index is 0.0707. The molecule has 0 aliphatic heterocycles. The van der Waals surface area contributed by atoms with Gasteiger partial charge in [-0.15, -0.1) is 0 Å². The molecule has 0 spiro atoms. The van der Waals surface area contributed by atoms with Crippen LogP contribution in [-0.4, -0.2) is 38.2 Å². The third kappa shape index (κ3) is 6.58. The van der Waals surface area contributed by atoms with Crippen molar-refractivity contribution in [3.8, 4) is 0 Å². The molecular formula is C10H16BrNO4. The molecule has 0 aromatic rings. The number of ether oxygens (including phenoxy) is 2. The Morgan fingerprint density at radius 1 is 1.50 bits per heavy atom. The number of nitrogens with one attached hydrogen (secondary N) is 1. The summed E-state index contributed by atoms with van der Waals surface area (Å²) in [5.74, 6) is -0.864. The van der Waals surface area contributed by atoms with Crippen LogP contribution in [-0.2, 0) is 19.1 Å². The zero-order valence-electron chi connectivity index (χ0n) is 9.42. The molecule has 1 N–H and O–H groups in total. The number of methoxy groups -OCH3 is 1. The molecule has 0 saturated heterocycles. The lowest BCUT2D eigenvalue weighted by Gasteiger charge is -2.15. The first-order chi connectivity index (χ1) is 7.51. The second-order valence-corrected chi connectivity index (χ2v) is 4.12. The highest BCUT2D eigenvalue weighted by Crippen LogP contribution is 2.10. The van der Waals surface area contributed by atoms with Crippen LogP contribution in [0, 0.1) is 0 Å². The lowest BCUT2D eigenvalue weighted by Crippen LogP contribution is -2.43. The Morgan fingerprint density at radius 2 is 2.12 bits per heavy atom. The average molecular weight is 294 g/mol. The van der Waals surface area contributed by atoms with Crippen LogP contribution in [0.25, 0.3) is 0 Å². The van der Waals surface area contributed by atoms with E-state index in [1.54, 1.807) is 6.92 Å². The van der Waals surface area contributed by atoms with Crippen molar-refractivity contribution in [2.45, 2.75) is 19.4 Å². The van der Waals surface area contributed by atoms with Gasteiger partial charge in [-0.2, -0.15) is 0 Å². The van der Waals surface area contributed by atoms with Crippen LogP contribution in [0.2, 0.25) is 0 Å². The van der Waals surface area contributed by atoms with E-state index in [0.29, 0.717) is 11.1 Å². The molecular weight excluding hydrogens is 278 g/mol. The quantitative estimate of drug-likeness (QED) is 0.711. The summed E-state index contributed by atoms with van der Waals surface area (Å²) in [5, 5.41) is 2.50. The Hall–Kier alpha value is -0.880. The fourth-order valence-electron chi connectivity index (χ4n) is 0.988. The van der Waals surface area contributed by atoms with Gasteiger partial charge in [-0.3, -0.25) is 4.79 Å². The maximum Gasteiger partial charge on any atom is 0.328 e. The minimum Gasteiger partial charge on any atom is -0.467 e. The van der Waals surface area contributed by atoms with Gasteiger partial charge >= 0.3 is 5.97 Å². The number of rotatable bonds is 7. The Labute approximate surface area is 103 Å². The molecule has 1 atom stereocenters. The van der Waals surface area contributed by atoms with Crippen LogP contribution in [0.5, 0.6) is 0 Å². The van der Waals surface area contributed by atoms with Gasteiger partial charge in [0.1, 0.15) is 12.6 Å². The molecule has 0 aliphatic rings. The molecule has 0 aromatic carbocycles. The summed E-state index contributed by atoms with van der Waals surface area (Å²) in [6.07, 6.45) is 0.282. The molecule has 0 fully saturated rings. The predicted molar refractivity (Wildman–Crippen MR) is 63.1 cm³/mol. The molecule has 16 heavy (non-hydrogen) atoms. The van der Waals surface area contributed by atoms with Crippen molar-refractivity contribution in [1.29, 1.82) is 0 Å². The number of amides is 1. The highest BCUT2D eigenvalue weighted by Gasteiger charge is 2.21. The summed E-state index contributed by atoms with van der Waals surface area (Å²) < 4.78 is 10.1. The monoisotopic (exact) mass is 293 g/mol. The van der Waals surface area contributed by atoms with E-state index in [2.05, 4.69) is 32.6 Å². The lowest BCUT2D eigenvalue weighted by atomic mass is 10.2. The summed E-state index contributed by atoms with van der Waals surface area (Å²) in [6, 6.07) is -0.732. The number of hydrogen-bond acceptors (Lipinski definition) is 4. The third-order valence-corrected chi connectivity index (χ3v) is 2.01. The van der Waals surface area contributed by atoms with E-state index in [0.717, 1.165) is 0 Å². The van der Waals surface area contributed by atoms with E-state index >= 15 is 0 Å². The first kappa shape index (κ1) is 15.1. The number of carbonyl (C=O) groups excluding carboxylic acids is 2. The van der Waals surface area contributed by atoms with Gasteiger partial charge in [0.15, 0.2) is 0 Å². The molecule has 0 bridgehead atoms. The largest absolute Gasteiger partial charge is 0.467 e.